The highest BCUT2D eigenvalue weighted by atomic mass is 16.5. The number of ketones is 1. The van der Waals surface area contributed by atoms with Gasteiger partial charge in [0.05, 0.1) is 27.2 Å². The summed E-state index contributed by atoms with van der Waals surface area (Å²) in [6.07, 6.45) is 13.2. The summed E-state index contributed by atoms with van der Waals surface area (Å²) < 4.78 is 6.74. The second kappa shape index (κ2) is 15.8. The fraction of sp³-hybridized carbons (Fsp3) is 0.920. The molecule has 0 bridgehead atoms. The van der Waals surface area contributed by atoms with E-state index < -0.39 is 11.6 Å². The van der Waals surface area contributed by atoms with Crippen LogP contribution < -0.4 is 5.11 Å². The molecule has 2 atom stereocenters. The molecule has 5 nitrogen and oxygen atoms in total. The summed E-state index contributed by atoms with van der Waals surface area (Å²) >= 11 is 0. The van der Waals surface area contributed by atoms with Gasteiger partial charge >= 0.3 is 0 Å². The summed E-state index contributed by atoms with van der Waals surface area (Å²) in [5.41, 5.74) is -1.30. The minimum absolute atomic E-state index is 0.0759. The van der Waals surface area contributed by atoms with Gasteiger partial charge < -0.3 is 19.1 Å². The van der Waals surface area contributed by atoms with Gasteiger partial charge in [-0.05, 0) is 19.8 Å². The lowest BCUT2D eigenvalue weighted by molar-refractivity contribution is -0.876. The van der Waals surface area contributed by atoms with Crippen LogP contribution in [0.25, 0.3) is 0 Å². The molecular formula is C25H49NO4. The molecule has 0 aromatic heterocycles. The highest BCUT2D eigenvalue weighted by molar-refractivity contribution is 5.91. The monoisotopic (exact) mass is 427 g/mol. The van der Waals surface area contributed by atoms with Crippen LogP contribution in [0.15, 0.2) is 0 Å². The standard InChI is InChI=1S/C25H49NO4/c1-7-9-11-12-13-14-15-17-19-23(27)25(20-24(28)29,21-26(4,5)6)30-22(3)18-16-10-8-2/h22H,7-21H2,1-6H3. The van der Waals surface area contributed by atoms with Gasteiger partial charge in [-0.15, -0.1) is 0 Å². The van der Waals surface area contributed by atoms with Gasteiger partial charge in [-0.2, -0.15) is 0 Å². The Kier molecular flexibility index (Phi) is 15.3. The zero-order valence-corrected chi connectivity index (χ0v) is 20.8. The maximum atomic E-state index is 13.3. The van der Waals surface area contributed by atoms with Gasteiger partial charge in [-0.3, -0.25) is 4.79 Å². The van der Waals surface area contributed by atoms with E-state index in [0.717, 1.165) is 44.9 Å². The highest BCUT2D eigenvalue weighted by Gasteiger charge is 2.44. The third-order valence-electron chi connectivity index (χ3n) is 5.57. The molecule has 0 fully saturated rings. The van der Waals surface area contributed by atoms with Crippen LogP contribution in [0.4, 0.5) is 0 Å². The third kappa shape index (κ3) is 14.1. The average Bonchev–Trinajstić information content (AvgIpc) is 2.61. The molecule has 0 aromatic carbocycles. The maximum Gasteiger partial charge on any atom is 0.180 e. The summed E-state index contributed by atoms with van der Waals surface area (Å²) in [6, 6.07) is 0. The van der Waals surface area contributed by atoms with Gasteiger partial charge in [0, 0.05) is 18.8 Å². The number of aliphatic carboxylic acids is 1. The minimum Gasteiger partial charge on any atom is -0.550 e. The van der Waals surface area contributed by atoms with Gasteiger partial charge in [0.1, 0.15) is 6.54 Å². The lowest BCUT2D eigenvalue weighted by Crippen LogP contribution is -2.58. The fourth-order valence-electron chi connectivity index (χ4n) is 4.16. The Hall–Kier alpha value is -0.940. The van der Waals surface area contributed by atoms with E-state index in [1.165, 1.54) is 32.1 Å². The van der Waals surface area contributed by atoms with Crippen molar-refractivity contribution in [1.82, 2.24) is 0 Å². The number of unbranched alkanes of at least 4 members (excludes halogenated alkanes) is 9. The molecule has 0 aliphatic carbocycles. The van der Waals surface area contributed by atoms with Crippen molar-refractivity contribution in [3.8, 4) is 0 Å². The smallest absolute Gasteiger partial charge is 0.180 e. The summed E-state index contributed by atoms with van der Waals surface area (Å²) in [6.45, 7) is 6.66. The van der Waals surface area contributed by atoms with E-state index in [2.05, 4.69) is 13.8 Å². The van der Waals surface area contributed by atoms with Crippen molar-refractivity contribution in [3.63, 3.8) is 0 Å². The van der Waals surface area contributed by atoms with Crippen LogP contribution in [0.5, 0.6) is 0 Å². The third-order valence-corrected chi connectivity index (χ3v) is 5.57. The Morgan fingerprint density at radius 1 is 0.867 bits per heavy atom. The highest BCUT2D eigenvalue weighted by Crippen LogP contribution is 2.27. The van der Waals surface area contributed by atoms with Gasteiger partial charge in [-0.25, -0.2) is 0 Å². The van der Waals surface area contributed by atoms with Crippen LogP contribution in [-0.4, -0.2) is 55.6 Å². The van der Waals surface area contributed by atoms with Crippen molar-refractivity contribution in [2.45, 2.75) is 122 Å². The van der Waals surface area contributed by atoms with Crippen molar-refractivity contribution >= 4 is 11.8 Å². The van der Waals surface area contributed by atoms with Crippen LogP contribution in [0.3, 0.4) is 0 Å². The molecule has 0 aromatic rings. The number of nitrogens with zero attached hydrogens (tertiary/aromatic N) is 1. The van der Waals surface area contributed by atoms with Crippen LogP contribution >= 0.6 is 0 Å². The predicted molar refractivity (Wildman–Crippen MR) is 122 cm³/mol. The van der Waals surface area contributed by atoms with Gasteiger partial charge in [0.25, 0.3) is 0 Å². The number of hydrogen-bond donors (Lipinski definition) is 0. The van der Waals surface area contributed by atoms with Crippen LogP contribution in [0.1, 0.15) is 111 Å². The molecule has 0 saturated heterocycles. The molecule has 0 aliphatic heterocycles. The number of carbonyl (C=O) groups excluding carboxylic acids is 2. The molecule has 0 aliphatic rings. The normalized spacial score (nSPS) is 15.0. The topological polar surface area (TPSA) is 66.4 Å². The fourth-order valence-corrected chi connectivity index (χ4v) is 4.16. The molecule has 0 amide bonds. The Balaban J connectivity index is 5.00. The molecule has 0 radical (unpaired) electrons. The van der Waals surface area contributed by atoms with Crippen molar-refractivity contribution in [1.29, 1.82) is 0 Å². The molecule has 178 valence electrons. The van der Waals surface area contributed by atoms with Gasteiger partial charge in [0.15, 0.2) is 11.4 Å². The number of carboxylic acids is 1. The van der Waals surface area contributed by atoms with E-state index in [9.17, 15) is 14.7 Å². The van der Waals surface area contributed by atoms with Gasteiger partial charge in [0.2, 0.25) is 0 Å². The first kappa shape index (κ1) is 29.1. The van der Waals surface area contributed by atoms with E-state index >= 15 is 0 Å². The number of carboxylic acid groups (broad SMARTS) is 1. The Morgan fingerprint density at radius 3 is 1.87 bits per heavy atom. The van der Waals surface area contributed by atoms with E-state index in [1.54, 1.807) is 0 Å². The van der Waals surface area contributed by atoms with Crippen molar-refractivity contribution in [2.75, 3.05) is 27.7 Å². The molecule has 2 unspecified atom stereocenters. The average molecular weight is 428 g/mol. The van der Waals surface area contributed by atoms with Crippen LogP contribution in [0, 0.1) is 0 Å². The number of ether oxygens (including phenoxy) is 1. The first-order chi connectivity index (χ1) is 14.1. The van der Waals surface area contributed by atoms with E-state index in [-0.39, 0.29) is 18.3 Å². The minimum atomic E-state index is -1.30. The Bertz CT molecular complexity index is 472. The Labute approximate surface area is 186 Å². The molecule has 0 spiro atoms. The van der Waals surface area contributed by atoms with Crippen LogP contribution in [-0.2, 0) is 14.3 Å². The molecule has 0 N–H and O–H groups in total. The first-order valence-electron chi connectivity index (χ1n) is 12.3. The first-order valence-corrected chi connectivity index (χ1v) is 12.3. The number of quaternary nitrogens is 1. The number of rotatable bonds is 20. The second-order valence-corrected chi connectivity index (χ2v) is 10.1. The van der Waals surface area contributed by atoms with Crippen molar-refractivity contribution < 1.29 is 23.9 Å². The van der Waals surface area contributed by atoms with Crippen molar-refractivity contribution in [3.05, 3.63) is 0 Å². The summed E-state index contributed by atoms with van der Waals surface area (Å²) in [5, 5.41) is 11.6. The van der Waals surface area contributed by atoms with E-state index in [4.69, 9.17) is 4.74 Å². The number of hydrogen-bond acceptors (Lipinski definition) is 4. The quantitative estimate of drug-likeness (QED) is 0.209. The summed E-state index contributed by atoms with van der Waals surface area (Å²) in [7, 11) is 5.91. The zero-order chi connectivity index (χ0) is 23.0. The molecule has 5 heteroatoms. The molecular weight excluding hydrogens is 378 g/mol. The largest absolute Gasteiger partial charge is 0.550 e. The molecule has 0 heterocycles. The molecule has 0 rings (SSSR count). The molecule has 0 saturated carbocycles. The lowest BCUT2D eigenvalue weighted by Gasteiger charge is -2.40. The molecule has 30 heavy (non-hydrogen) atoms. The second-order valence-electron chi connectivity index (χ2n) is 10.1. The predicted octanol–water partition coefficient (Wildman–Crippen LogP) is 4.66. The summed E-state index contributed by atoms with van der Waals surface area (Å²) in [5.74, 6) is -1.29. The lowest BCUT2D eigenvalue weighted by atomic mass is 9.88. The van der Waals surface area contributed by atoms with Crippen LogP contribution in [0.2, 0.25) is 0 Å². The Morgan fingerprint density at radius 2 is 1.37 bits per heavy atom. The SMILES string of the molecule is CCCCCCCCCCC(=O)C(CC(=O)[O-])(C[N+](C)(C)C)OC(C)CCCCC. The maximum absolute atomic E-state index is 13.3. The van der Waals surface area contributed by atoms with Gasteiger partial charge in [-0.1, -0.05) is 78.1 Å². The number of likely N-dealkylation sites (N-methyl/N-ethyl adjacent to an activating group) is 1. The van der Waals surface area contributed by atoms with Crippen molar-refractivity contribution in [2.24, 2.45) is 0 Å². The van der Waals surface area contributed by atoms with E-state index in [1.807, 2.05) is 28.1 Å². The van der Waals surface area contributed by atoms with E-state index in [0.29, 0.717) is 17.4 Å². The number of carbonyl (C=O) groups is 2. The summed E-state index contributed by atoms with van der Waals surface area (Å²) in [4.78, 5) is 24.9. The number of Topliss-reactive ketones (excluding diaryl/α,β-unsaturated/α-hetero) is 1. The zero-order valence-electron chi connectivity index (χ0n) is 20.8.